The van der Waals surface area contributed by atoms with E-state index < -0.39 is 17.8 Å². The quantitative estimate of drug-likeness (QED) is 0.791. The molecule has 0 fully saturated rings. The molecule has 21 heavy (non-hydrogen) atoms. The second-order valence-electron chi connectivity index (χ2n) is 5.06. The van der Waals surface area contributed by atoms with E-state index in [9.17, 15) is 13.2 Å². The Balaban J connectivity index is 2.39. The van der Waals surface area contributed by atoms with E-state index in [0.717, 1.165) is 27.7 Å². The number of nitrogens with two attached hydrogens (primary N) is 1. The monoisotopic (exact) mass is 357 g/mol. The molecule has 0 aliphatic rings. The third-order valence-corrected chi connectivity index (χ3v) is 4.34. The van der Waals surface area contributed by atoms with Gasteiger partial charge in [0.15, 0.2) is 0 Å². The molecule has 2 N–H and O–H groups in total. The van der Waals surface area contributed by atoms with Gasteiger partial charge in [-0.3, -0.25) is 0 Å². The number of rotatable bonds is 2. The van der Waals surface area contributed by atoms with Gasteiger partial charge in [-0.15, -0.1) is 0 Å². The third-order valence-electron chi connectivity index (χ3n) is 3.49. The fourth-order valence-electron chi connectivity index (χ4n) is 2.18. The lowest BCUT2D eigenvalue weighted by molar-refractivity contribution is -0.137. The maximum absolute atomic E-state index is 12.7. The lowest BCUT2D eigenvalue weighted by atomic mass is 9.94. The lowest BCUT2D eigenvalue weighted by Gasteiger charge is -2.18. The van der Waals surface area contributed by atoms with Crippen LogP contribution in [0.3, 0.4) is 0 Å². The van der Waals surface area contributed by atoms with E-state index in [1.54, 1.807) is 6.92 Å². The van der Waals surface area contributed by atoms with Crippen molar-refractivity contribution < 1.29 is 13.2 Å². The van der Waals surface area contributed by atoms with Crippen LogP contribution in [0.4, 0.5) is 13.2 Å². The summed E-state index contributed by atoms with van der Waals surface area (Å²) in [6.07, 6.45) is -4.33. The topological polar surface area (TPSA) is 26.0 Å². The van der Waals surface area contributed by atoms with Crippen LogP contribution in [-0.4, -0.2) is 0 Å². The molecule has 1 atom stereocenters. The number of alkyl halides is 3. The Bertz CT molecular complexity index is 665. The maximum atomic E-state index is 12.7. The van der Waals surface area contributed by atoms with Crippen molar-refractivity contribution in [1.82, 2.24) is 0 Å². The second-order valence-corrected chi connectivity index (χ2v) is 5.91. The molecular formula is C16H15BrF3N. The van der Waals surface area contributed by atoms with E-state index in [-0.39, 0.29) is 0 Å². The van der Waals surface area contributed by atoms with Gasteiger partial charge in [-0.1, -0.05) is 34.1 Å². The van der Waals surface area contributed by atoms with Crippen LogP contribution in [0.5, 0.6) is 0 Å². The van der Waals surface area contributed by atoms with Crippen LogP contribution in [-0.2, 0) is 6.18 Å². The first-order valence-corrected chi connectivity index (χ1v) is 7.19. The highest BCUT2D eigenvalue weighted by atomic mass is 79.9. The second kappa shape index (κ2) is 5.81. The SMILES string of the molecule is Cc1ccc(C(N)c2ccc(C(F)(F)F)cc2C)cc1Br. The molecule has 2 aromatic carbocycles. The number of halogens is 4. The highest BCUT2D eigenvalue weighted by Crippen LogP contribution is 2.33. The lowest BCUT2D eigenvalue weighted by Crippen LogP contribution is -2.14. The molecule has 2 aromatic rings. The molecule has 5 heteroatoms. The van der Waals surface area contributed by atoms with Crippen molar-refractivity contribution in [3.8, 4) is 0 Å². The predicted octanol–water partition coefficient (Wildman–Crippen LogP) is 5.13. The van der Waals surface area contributed by atoms with Gasteiger partial charge in [-0.25, -0.2) is 0 Å². The van der Waals surface area contributed by atoms with E-state index in [0.29, 0.717) is 11.1 Å². The zero-order chi connectivity index (χ0) is 15.8. The van der Waals surface area contributed by atoms with Crippen LogP contribution in [0.25, 0.3) is 0 Å². The summed E-state index contributed by atoms with van der Waals surface area (Å²) in [5.74, 6) is 0. The number of aryl methyl sites for hydroxylation is 2. The van der Waals surface area contributed by atoms with Crippen molar-refractivity contribution in [1.29, 1.82) is 0 Å². The molecule has 0 aliphatic heterocycles. The maximum Gasteiger partial charge on any atom is 0.416 e. The molecule has 0 amide bonds. The summed E-state index contributed by atoms with van der Waals surface area (Å²) < 4.78 is 39.0. The Morgan fingerprint density at radius 1 is 1.00 bits per heavy atom. The first-order chi connectivity index (χ1) is 9.70. The molecule has 0 spiro atoms. The third kappa shape index (κ3) is 3.47. The van der Waals surface area contributed by atoms with Crippen LogP contribution in [0.2, 0.25) is 0 Å². The van der Waals surface area contributed by atoms with Crippen molar-refractivity contribution in [2.75, 3.05) is 0 Å². The molecule has 1 unspecified atom stereocenters. The molecule has 0 radical (unpaired) electrons. The largest absolute Gasteiger partial charge is 0.416 e. The Kier molecular flexibility index (Phi) is 4.44. The summed E-state index contributed by atoms with van der Waals surface area (Å²) in [6, 6.07) is 8.93. The number of hydrogen-bond donors (Lipinski definition) is 1. The van der Waals surface area contributed by atoms with Gasteiger partial charge < -0.3 is 5.73 Å². The molecule has 0 aromatic heterocycles. The van der Waals surface area contributed by atoms with Gasteiger partial charge in [0.1, 0.15) is 0 Å². The molecule has 0 bridgehead atoms. The number of hydrogen-bond acceptors (Lipinski definition) is 1. The summed E-state index contributed by atoms with van der Waals surface area (Å²) in [5.41, 5.74) is 8.71. The first-order valence-electron chi connectivity index (χ1n) is 6.39. The van der Waals surface area contributed by atoms with E-state index in [1.165, 1.54) is 6.07 Å². The molecule has 0 saturated heterocycles. The Morgan fingerprint density at radius 2 is 1.67 bits per heavy atom. The van der Waals surface area contributed by atoms with Crippen LogP contribution in [0, 0.1) is 13.8 Å². The van der Waals surface area contributed by atoms with Crippen molar-refractivity contribution >= 4 is 15.9 Å². The predicted molar refractivity (Wildman–Crippen MR) is 81.1 cm³/mol. The van der Waals surface area contributed by atoms with Gasteiger partial charge in [-0.05, 0) is 54.3 Å². The molecular weight excluding hydrogens is 343 g/mol. The average Bonchev–Trinajstić information content (AvgIpc) is 2.40. The minimum Gasteiger partial charge on any atom is -0.320 e. The van der Waals surface area contributed by atoms with Gasteiger partial charge in [0.05, 0.1) is 11.6 Å². The normalized spacial score (nSPS) is 13.3. The molecule has 0 aliphatic carbocycles. The standard InChI is InChI=1S/C16H15BrF3N/c1-9-3-4-11(8-14(9)17)15(21)13-6-5-12(7-10(13)2)16(18,19)20/h3-8,15H,21H2,1-2H3. The molecule has 2 rings (SSSR count). The minimum atomic E-state index is -4.33. The zero-order valence-electron chi connectivity index (χ0n) is 11.6. The zero-order valence-corrected chi connectivity index (χ0v) is 13.2. The van der Waals surface area contributed by atoms with Gasteiger partial charge in [0, 0.05) is 4.47 Å². The average molecular weight is 358 g/mol. The highest BCUT2D eigenvalue weighted by molar-refractivity contribution is 9.10. The Labute approximate surface area is 130 Å². The van der Waals surface area contributed by atoms with Crippen LogP contribution in [0.15, 0.2) is 40.9 Å². The summed E-state index contributed by atoms with van der Waals surface area (Å²) in [7, 11) is 0. The van der Waals surface area contributed by atoms with Crippen LogP contribution in [0.1, 0.15) is 33.9 Å². The smallest absolute Gasteiger partial charge is 0.320 e. The molecule has 112 valence electrons. The van der Waals surface area contributed by atoms with Gasteiger partial charge in [0.25, 0.3) is 0 Å². The molecule has 0 saturated carbocycles. The summed E-state index contributed by atoms with van der Waals surface area (Å²) in [6.45, 7) is 3.61. The Hall–Kier alpha value is -1.33. The van der Waals surface area contributed by atoms with Crippen molar-refractivity contribution in [3.63, 3.8) is 0 Å². The van der Waals surface area contributed by atoms with Crippen molar-refractivity contribution in [2.24, 2.45) is 5.73 Å². The number of benzene rings is 2. The van der Waals surface area contributed by atoms with E-state index in [2.05, 4.69) is 15.9 Å². The van der Waals surface area contributed by atoms with Gasteiger partial charge >= 0.3 is 6.18 Å². The summed E-state index contributed by atoms with van der Waals surface area (Å²) in [4.78, 5) is 0. The minimum absolute atomic E-state index is 0.454. The van der Waals surface area contributed by atoms with Gasteiger partial charge in [0.2, 0.25) is 0 Å². The first kappa shape index (κ1) is 16.0. The summed E-state index contributed by atoms with van der Waals surface area (Å²) in [5, 5.41) is 0. The van der Waals surface area contributed by atoms with Crippen LogP contribution >= 0.6 is 15.9 Å². The summed E-state index contributed by atoms with van der Waals surface area (Å²) >= 11 is 3.44. The van der Waals surface area contributed by atoms with E-state index >= 15 is 0 Å². The fourth-order valence-corrected chi connectivity index (χ4v) is 2.58. The van der Waals surface area contributed by atoms with Crippen molar-refractivity contribution in [3.05, 3.63) is 68.7 Å². The Morgan fingerprint density at radius 3 is 2.19 bits per heavy atom. The molecule has 0 heterocycles. The van der Waals surface area contributed by atoms with E-state index in [1.807, 2.05) is 25.1 Å². The van der Waals surface area contributed by atoms with E-state index in [4.69, 9.17) is 5.73 Å². The van der Waals surface area contributed by atoms with Crippen molar-refractivity contribution in [2.45, 2.75) is 26.1 Å². The molecule has 1 nitrogen and oxygen atoms in total. The van der Waals surface area contributed by atoms with Crippen LogP contribution < -0.4 is 5.73 Å². The van der Waals surface area contributed by atoms with Gasteiger partial charge in [-0.2, -0.15) is 13.2 Å². The fraction of sp³-hybridized carbons (Fsp3) is 0.250. The highest BCUT2D eigenvalue weighted by Gasteiger charge is 2.31.